The number of furan rings is 1. The second-order valence-electron chi connectivity index (χ2n) is 4.63. The Morgan fingerprint density at radius 3 is 2.58 bits per heavy atom. The predicted molar refractivity (Wildman–Crippen MR) is 75.6 cm³/mol. The van der Waals surface area contributed by atoms with Gasteiger partial charge in [-0.05, 0) is 45.4 Å². The molecule has 0 spiro atoms. The van der Waals surface area contributed by atoms with Gasteiger partial charge in [0.1, 0.15) is 18.4 Å². The third kappa shape index (κ3) is 4.40. The molecule has 0 aliphatic carbocycles. The van der Waals surface area contributed by atoms with Crippen LogP contribution in [0.25, 0.3) is 5.70 Å². The standard InChI is InChI=1S/C14H20ClNO3/c1-10(2)14(12-6-5-7-18-12)16(13(17)8-15)9-19-11(3)4/h5-7,11H,8-9H2,1-4H3. The summed E-state index contributed by atoms with van der Waals surface area (Å²) >= 11 is 5.67. The monoisotopic (exact) mass is 285 g/mol. The van der Waals surface area contributed by atoms with Gasteiger partial charge in [0.2, 0.25) is 5.91 Å². The first-order chi connectivity index (χ1) is 8.97. The average Bonchev–Trinajstić information content (AvgIpc) is 2.85. The normalized spacial score (nSPS) is 10.6. The Morgan fingerprint density at radius 2 is 2.16 bits per heavy atom. The summed E-state index contributed by atoms with van der Waals surface area (Å²) in [4.78, 5) is 13.5. The first-order valence-corrected chi connectivity index (χ1v) is 6.70. The number of hydrogen-bond acceptors (Lipinski definition) is 3. The number of halogens is 1. The molecule has 0 fully saturated rings. The van der Waals surface area contributed by atoms with Crippen LogP contribution in [0.5, 0.6) is 0 Å². The van der Waals surface area contributed by atoms with Gasteiger partial charge in [0, 0.05) is 0 Å². The highest BCUT2D eigenvalue weighted by molar-refractivity contribution is 6.27. The fraction of sp³-hybridized carbons (Fsp3) is 0.500. The van der Waals surface area contributed by atoms with Crippen LogP contribution in [0.3, 0.4) is 0 Å². The third-order valence-electron chi connectivity index (χ3n) is 2.45. The molecular weight excluding hydrogens is 266 g/mol. The summed E-state index contributed by atoms with van der Waals surface area (Å²) in [5.74, 6) is 0.319. The minimum Gasteiger partial charge on any atom is -0.463 e. The number of alkyl halides is 1. The van der Waals surface area contributed by atoms with Crippen molar-refractivity contribution in [1.29, 1.82) is 0 Å². The van der Waals surface area contributed by atoms with Gasteiger partial charge in [0.25, 0.3) is 0 Å². The predicted octanol–water partition coefficient (Wildman–Crippen LogP) is 3.48. The zero-order valence-corrected chi connectivity index (χ0v) is 12.5. The van der Waals surface area contributed by atoms with E-state index in [-0.39, 0.29) is 24.6 Å². The highest BCUT2D eigenvalue weighted by atomic mass is 35.5. The van der Waals surface area contributed by atoms with E-state index in [1.807, 2.05) is 33.8 Å². The molecule has 1 aromatic rings. The fourth-order valence-electron chi connectivity index (χ4n) is 1.62. The summed E-state index contributed by atoms with van der Waals surface area (Å²) < 4.78 is 10.9. The van der Waals surface area contributed by atoms with Gasteiger partial charge in [-0.1, -0.05) is 0 Å². The Labute approximate surface area is 119 Å². The van der Waals surface area contributed by atoms with Gasteiger partial charge in [-0.25, -0.2) is 0 Å². The van der Waals surface area contributed by atoms with E-state index in [0.717, 1.165) is 5.57 Å². The molecule has 1 aromatic heterocycles. The van der Waals surface area contributed by atoms with Gasteiger partial charge in [-0.2, -0.15) is 0 Å². The molecule has 0 aliphatic rings. The van der Waals surface area contributed by atoms with Gasteiger partial charge in [0.15, 0.2) is 0 Å². The molecule has 5 heteroatoms. The van der Waals surface area contributed by atoms with Crippen molar-refractivity contribution >= 4 is 23.2 Å². The lowest BCUT2D eigenvalue weighted by atomic mass is 10.2. The van der Waals surface area contributed by atoms with E-state index in [2.05, 4.69) is 0 Å². The molecule has 0 bridgehead atoms. The maximum Gasteiger partial charge on any atom is 0.243 e. The molecule has 19 heavy (non-hydrogen) atoms. The van der Waals surface area contributed by atoms with Crippen LogP contribution in [0.4, 0.5) is 0 Å². The zero-order chi connectivity index (χ0) is 14.4. The van der Waals surface area contributed by atoms with E-state index in [9.17, 15) is 4.79 Å². The summed E-state index contributed by atoms with van der Waals surface area (Å²) in [5.41, 5.74) is 1.66. The van der Waals surface area contributed by atoms with Crippen LogP contribution in [0.1, 0.15) is 33.5 Å². The molecule has 1 heterocycles. The van der Waals surface area contributed by atoms with Crippen molar-refractivity contribution in [2.75, 3.05) is 12.6 Å². The fourth-order valence-corrected chi connectivity index (χ4v) is 1.76. The quantitative estimate of drug-likeness (QED) is 0.594. The smallest absolute Gasteiger partial charge is 0.243 e. The second kappa shape index (κ2) is 7.36. The second-order valence-corrected chi connectivity index (χ2v) is 4.89. The van der Waals surface area contributed by atoms with Crippen LogP contribution in [0.2, 0.25) is 0 Å². The Morgan fingerprint density at radius 1 is 1.47 bits per heavy atom. The number of ether oxygens (including phenoxy) is 1. The topological polar surface area (TPSA) is 42.7 Å². The molecular formula is C14H20ClNO3. The lowest BCUT2D eigenvalue weighted by Gasteiger charge is -2.25. The minimum absolute atomic E-state index is 0.0284. The van der Waals surface area contributed by atoms with E-state index in [4.69, 9.17) is 20.8 Å². The first kappa shape index (κ1) is 15.8. The van der Waals surface area contributed by atoms with Gasteiger partial charge >= 0.3 is 0 Å². The number of nitrogens with zero attached hydrogens (tertiary/aromatic N) is 1. The number of carbonyl (C=O) groups is 1. The van der Waals surface area contributed by atoms with Gasteiger partial charge < -0.3 is 9.15 Å². The minimum atomic E-state index is -0.213. The maximum absolute atomic E-state index is 12.0. The number of allylic oxidation sites excluding steroid dienone is 1. The number of carbonyl (C=O) groups excluding carboxylic acids is 1. The molecule has 0 N–H and O–H groups in total. The van der Waals surface area contributed by atoms with Crippen molar-refractivity contribution in [2.24, 2.45) is 0 Å². The molecule has 0 saturated heterocycles. The molecule has 0 saturated carbocycles. The lowest BCUT2D eigenvalue weighted by Crippen LogP contribution is -2.34. The van der Waals surface area contributed by atoms with E-state index in [1.165, 1.54) is 4.90 Å². The van der Waals surface area contributed by atoms with Crippen molar-refractivity contribution < 1.29 is 13.9 Å². The Hall–Kier alpha value is -1.26. The van der Waals surface area contributed by atoms with Crippen molar-refractivity contribution in [3.63, 3.8) is 0 Å². The van der Waals surface area contributed by atoms with E-state index in [0.29, 0.717) is 11.5 Å². The summed E-state index contributed by atoms with van der Waals surface area (Å²) in [5, 5.41) is 0. The average molecular weight is 286 g/mol. The summed E-state index contributed by atoms with van der Waals surface area (Å²) in [7, 11) is 0. The molecule has 4 nitrogen and oxygen atoms in total. The highest BCUT2D eigenvalue weighted by Gasteiger charge is 2.22. The Kier molecular flexibility index (Phi) is 6.12. The van der Waals surface area contributed by atoms with E-state index < -0.39 is 0 Å². The van der Waals surface area contributed by atoms with Crippen LogP contribution < -0.4 is 0 Å². The highest BCUT2D eigenvalue weighted by Crippen LogP contribution is 2.24. The molecule has 1 rings (SSSR count). The van der Waals surface area contributed by atoms with Crippen LogP contribution in [0, 0.1) is 0 Å². The van der Waals surface area contributed by atoms with Crippen molar-refractivity contribution in [3.05, 3.63) is 29.7 Å². The first-order valence-electron chi connectivity index (χ1n) is 6.16. The van der Waals surface area contributed by atoms with Crippen molar-refractivity contribution in [1.82, 2.24) is 4.90 Å². The Bertz CT molecular complexity index is 434. The van der Waals surface area contributed by atoms with Crippen molar-refractivity contribution in [3.8, 4) is 0 Å². The third-order valence-corrected chi connectivity index (χ3v) is 2.68. The summed E-state index contributed by atoms with van der Waals surface area (Å²) in [6.07, 6.45) is 1.60. The molecule has 0 aliphatic heterocycles. The van der Waals surface area contributed by atoms with Gasteiger partial charge in [0.05, 0.1) is 18.1 Å². The summed E-state index contributed by atoms with van der Waals surface area (Å²) in [6, 6.07) is 3.59. The maximum atomic E-state index is 12.0. The van der Waals surface area contributed by atoms with E-state index >= 15 is 0 Å². The van der Waals surface area contributed by atoms with Gasteiger partial charge in [-0.3, -0.25) is 9.69 Å². The van der Waals surface area contributed by atoms with E-state index in [1.54, 1.807) is 12.3 Å². The zero-order valence-electron chi connectivity index (χ0n) is 11.8. The SMILES string of the molecule is CC(C)=C(c1ccco1)N(COC(C)C)C(=O)CCl. The largest absolute Gasteiger partial charge is 0.463 e. The molecule has 1 amide bonds. The molecule has 0 aromatic carbocycles. The molecule has 0 atom stereocenters. The lowest BCUT2D eigenvalue weighted by molar-refractivity contribution is -0.130. The number of rotatable bonds is 6. The van der Waals surface area contributed by atoms with Crippen LogP contribution >= 0.6 is 11.6 Å². The molecule has 106 valence electrons. The van der Waals surface area contributed by atoms with Crippen LogP contribution in [0.15, 0.2) is 28.4 Å². The number of hydrogen-bond donors (Lipinski definition) is 0. The van der Waals surface area contributed by atoms with Crippen LogP contribution in [-0.2, 0) is 9.53 Å². The van der Waals surface area contributed by atoms with Gasteiger partial charge in [-0.15, -0.1) is 11.6 Å². The number of amides is 1. The Balaban J connectivity index is 3.06. The summed E-state index contributed by atoms with van der Waals surface area (Å²) in [6.45, 7) is 7.82. The molecule has 0 unspecified atom stereocenters. The van der Waals surface area contributed by atoms with Crippen molar-refractivity contribution in [2.45, 2.75) is 33.8 Å². The van der Waals surface area contributed by atoms with Crippen LogP contribution in [-0.4, -0.2) is 29.5 Å². The molecule has 0 radical (unpaired) electrons.